The summed E-state index contributed by atoms with van der Waals surface area (Å²) in [6, 6.07) is 12.0. The number of hydrogen-bond donors (Lipinski definition) is 4. The lowest BCUT2D eigenvalue weighted by molar-refractivity contribution is -0.136. The van der Waals surface area contributed by atoms with Crippen molar-refractivity contribution in [3.8, 4) is 5.75 Å². The lowest BCUT2D eigenvalue weighted by atomic mass is 10.1. The largest absolute Gasteiger partial charge is 0.490 e. The molecule has 210 valence electrons. The highest BCUT2D eigenvalue weighted by Crippen LogP contribution is 2.30. The van der Waals surface area contributed by atoms with Crippen molar-refractivity contribution in [3.05, 3.63) is 65.2 Å². The monoisotopic (exact) mass is 555 g/mol. The van der Waals surface area contributed by atoms with Gasteiger partial charge in [0.25, 0.3) is 0 Å². The van der Waals surface area contributed by atoms with Gasteiger partial charge in [0, 0.05) is 31.5 Å². The standard InChI is InChI=1S/C28H37N5O5S/c1-4-26(28(34)35)39(36,37)33(14-6-8-21-7-5-9-22(18-21)27(30)31)23-10-11-25(19(2)17-23)38-24-12-15-32(16-13-24)20(3)29/h5-11,17-18,24,26,29H,4,12-16H2,1-3H3,(H3,30,31)(H,34,35)/b8-6+,29-20?. The molecule has 1 aliphatic rings. The van der Waals surface area contributed by atoms with E-state index in [0.29, 0.717) is 22.8 Å². The normalized spacial score (nSPS) is 15.2. The molecule has 1 unspecified atom stereocenters. The molecule has 0 aliphatic carbocycles. The number of rotatable bonds is 11. The highest BCUT2D eigenvalue weighted by molar-refractivity contribution is 7.94. The van der Waals surface area contributed by atoms with E-state index in [2.05, 4.69) is 0 Å². The Hall–Kier alpha value is -3.86. The number of nitrogens with zero attached hydrogens (tertiary/aromatic N) is 2. The maximum atomic E-state index is 13.5. The molecule has 0 amide bonds. The van der Waals surface area contributed by atoms with Crippen LogP contribution in [0.15, 0.2) is 48.5 Å². The number of carboxylic acids is 1. The van der Waals surface area contributed by atoms with Crippen LogP contribution < -0.4 is 14.8 Å². The Balaban J connectivity index is 1.87. The minimum atomic E-state index is -4.25. The molecule has 10 nitrogen and oxygen atoms in total. The summed E-state index contributed by atoms with van der Waals surface area (Å²) in [6.45, 7) is 6.55. The zero-order chi connectivity index (χ0) is 28.7. The van der Waals surface area contributed by atoms with Crippen molar-refractivity contribution < 1.29 is 23.1 Å². The van der Waals surface area contributed by atoms with Crippen molar-refractivity contribution in [2.24, 2.45) is 5.73 Å². The fraction of sp³-hybridized carbons (Fsp3) is 0.393. The third-order valence-electron chi connectivity index (χ3n) is 6.75. The zero-order valence-electron chi connectivity index (χ0n) is 22.6. The average Bonchev–Trinajstić information content (AvgIpc) is 2.88. The quantitative estimate of drug-likeness (QED) is 0.242. The van der Waals surface area contributed by atoms with Crippen molar-refractivity contribution in [3.63, 3.8) is 0 Å². The molecule has 0 radical (unpaired) electrons. The number of aryl methyl sites for hydroxylation is 1. The molecule has 1 saturated heterocycles. The van der Waals surface area contributed by atoms with Crippen LogP contribution in [0, 0.1) is 17.7 Å². The first-order valence-electron chi connectivity index (χ1n) is 12.9. The number of hydrogen-bond acceptors (Lipinski definition) is 6. The van der Waals surface area contributed by atoms with Crippen molar-refractivity contribution in [1.82, 2.24) is 4.90 Å². The van der Waals surface area contributed by atoms with E-state index in [1.165, 1.54) is 6.92 Å². The summed E-state index contributed by atoms with van der Waals surface area (Å²) < 4.78 is 34.3. The van der Waals surface area contributed by atoms with E-state index >= 15 is 0 Å². The summed E-state index contributed by atoms with van der Waals surface area (Å²) in [6.07, 6.45) is 4.84. The number of benzene rings is 2. The summed E-state index contributed by atoms with van der Waals surface area (Å²) >= 11 is 0. The van der Waals surface area contributed by atoms with Gasteiger partial charge in [-0.25, -0.2) is 8.42 Å². The van der Waals surface area contributed by atoms with Gasteiger partial charge in [-0.05, 0) is 55.7 Å². The molecule has 1 aliphatic heterocycles. The zero-order valence-corrected chi connectivity index (χ0v) is 23.4. The number of nitrogens with two attached hydrogens (primary N) is 1. The molecule has 1 heterocycles. The lowest BCUT2D eigenvalue weighted by Crippen LogP contribution is -2.42. The van der Waals surface area contributed by atoms with Gasteiger partial charge < -0.3 is 20.5 Å². The summed E-state index contributed by atoms with van der Waals surface area (Å²) in [5.74, 6) is -0.288. The van der Waals surface area contributed by atoms with Crippen LogP contribution in [0.25, 0.3) is 6.08 Å². The SMILES string of the molecule is CCC(C(=O)O)S(=O)(=O)N(C/C=C/c1cccc(C(=N)N)c1)c1ccc(OC2CCN(C(C)=N)CC2)c(C)c1. The van der Waals surface area contributed by atoms with Gasteiger partial charge in [0.15, 0.2) is 5.25 Å². The number of anilines is 1. The Morgan fingerprint density at radius 2 is 1.92 bits per heavy atom. The van der Waals surface area contributed by atoms with E-state index in [1.54, 1.807) is 61.5 Å². The summed E-state index contributed by atoms with van der Waals surface area (Å²) in [5, 5.41) is 23.4. The predicted octanol–water partition coefficient (Wildman–Crippen LogP) is 3.83. The first kappa shape index (κ1) is 29.7. The van der Waals surface area contributed by atoms with E-state index in [0.717, 1.165) is 41.4 Å². The van der Waals surface area contributed by atoms with E-state index in [-0.39, 0.29) is 24.9 Å². The number of likely N-dealkylation sites (tertiary alicyclic amines) is 1. The van der Waals surface area contributed by atoms with Crippen molar-refractivity contribution >= 4 is 39.4 Å². The number of ether oxygens (including phenoxy) is 1. The summed E-state index contributed by atoms with van der Waals surface area (Å²) in [7, 11) is -4.25. The van der Waals surface area contributed by atoms with Gasteiger partial charge in [-0.2, -0.15) is 0 Å². The number of carboxylic acid groups (broad SMARTS) is 1. The summed E-state index contributed by atoms with van der Waals surface area (Å²) in [4.78, 5) is 13.8. The molecule has 0 spiro atoms. The van der Waals surface area contributed by atoms with E-state index in [4.69, 9.17) is 21.3 Å². The van der Waals surface area contributed by atoms with Crippen molar-refractivity contribution in [2.75, 3.05) is 23.9 Å². The van der Waals surface area contributed by atoms with E-state index < -0.39 is 21.2 Å². The van der Waals surface area contributed by atoms with Crippen LogP contribution in [0.2, 0.25) is 0 Å². The molecule has 2 aromatic carbocycles. The Morgan fingerprint density at radius 1 is 1.23 bits per heavy atom. The molecule has 2 aromatic rings. The van der Waals surface area contributed by atoms with Crippen LogP contribution in [0.5, 0.6) is 5.75 Å². The molecule has 0 bridgehead atoms. The van der Waals surface area contributed by atoms with Crippen LogP contribution >= 0.6 is 0 Å². The molecule has 11 heteroatoms. The van der Waals surface area contributed by atoms with Gasteiger partial charge in [-0.1, -0.05) is 37.3 Å². The number of aliphatic carboxylic acids is 1. The summed E-state index contributed by atoms with van der Waals surface area (Å²) in [5.41, 5.74) is 7.92. The molecule has 39 heavy (non-hydrogen) atoms. The maximum absolute atomic E-state index is 13.5. The second-order valence-corrected chi connectivity index (χ2v) is 11.6. The molecule has 0 aromatic heterocycles. The van der Waals surface area contributed by atoms with Crippen molar-refractivity contribution in [1.29, 1.82) is 10.8 Å². The first-order chi connectivity index (χ1) is 18.4. The van der Waals surface area contributed by atoms with Gasteiger partial charge in [-0.15, -0.1) is 0 Å². The number of nitrogens with one attached hydrogen (secondary N) is 2. The van der Waals surface area contributed by atoms with Crippen LogP contribution in [-0.2, 0) is 14.8 Å². The van der Waals surface area contributed by atoms with Crippen LogP contribution in [-0.4, -0.2) is 67.1 Å². The smallest absolute Gasteiger partial charge is 0.323 e. The second kappa shape index (κ2) is 12.8. The third kappa shape index (κ3) is 7.38. The topological polar surface area (TPSA) is 161 Å². The van der Waals surface area contributed by atoms with Crippen LogP contribution in [0.4, 0.5) is 5.69 Å². The minimum absolute atomic E-state index is 0.00447. The molecule has 5 N–H and O–H groups in total. The lowest BCUT2D eigenvalue weighted by Gasteiger charge is -2.33. The van der Waals surface area contributed by atoms with Gasteiger partial charge >= 0.3 is 5.97 Å². The van der Waals surface area contributed by atoms with Crippen LogP contribution in [0.3, 0.4) is 0 Å². The van der Waals surface area contributed by atoms with Gasteiger partial charge in [0.1, 0.15) is 17.7 Å². The molecule has 0 saturated carbocycles. The van der Waals surface area contributed by atoms with E-state index in [9.17, 15) is 18.3 Å². The Morgan fingerprint density at radius 3 is 2.49 bits per heavy atom. The Bertz CT molecular complexity index is 1350. The van der Waals surface area contributed by atoms with Gasteiger partial charge in [0.05, 0.1) is 18.1 Å². The second-order valence-electron chi connectivity index (χ2n) is 9.59. The van der Waals surface area contributed by atoms with E-state index in [1.807, 2.05) is 11.8 Å². The fourth-order valence-electron chi connectivity index (χ4n) is 4.53. The fourth-order valence-corrected chi connectivity index (χ4v) is 6.21. The highest BCUT2D eigenvalue weighted by atomic mass is 32.2. The Labute approximate surface area is 230 Å². The molecule has 3 rings (SSSR count). The van der Waals surface area contributed by atoms with Crippen molar-refractivity contribution in [2.45, 2.75) is 51.4 Å². The molecule has 1 atom stereocenters. The first-order valence-corrected chi connectivity index (χ1v) is 14.4. The molecule has 1 fully saturated rings. The van der Waals surface area contributed by atoms with Crippen LogP contribution in [0.1, 0.15) is 49.8 Å². The predicted molar refractivity (Wildman–Crippen MR) is 154 cm³/mol. The number of nitrogen functional groups attached to an aromatic ring is 1. The maximum Gasteiger partial charge on any atom is 0.323 e. The minimum Gasteiger partial charge on any atom is -0.490 e. The highest BCUT2D eigenvalue weighted by Gasteiger charge is 2.36. The molecular weight excluding hydrogens is 518 g/mol. The number of piperidine rings is 1. The number of amidine groups is 2. The number of carbonyl (C=O) groups is 1. The molecular formula is C28H37N5O5S. The Kier molecular flexibility index (Phi) is 9.74. The average molecular weight is 556 g/mol. The third-order valence-corrected chi connectivity index (χ3v) is 8.98. The number of sulfonamides is 1. The van der Waals surface area contributed by atoms with Gasteiger partial charge in [-0.3, -0.25) is 19.9 Å². The van der Waals surface area contributed by atoms with Gasteiger partial charge in [0.2, 0.25) is 10.0 Å².